The highest BCUT2D eigenvalue weighted by atomic mass is 32.2. The van der Waals surface area contributed by atoms with Crippen molar-refractivity contribution in [1.29, 1.82) is 0 Å². The molecule has 0 fully saturated rings. The topological polar surface area (TPSA) is 77.4 Å². The summed E-state index contributed by atoms with van der Waals surface area (Å²) in [7, 11) is -0.155. The monoisotopic (exact) mass is 399 g/mol. The van der Waals surface area contributed by atoms with E-state index in [4.69, 9.17) is 0 Å². The molecule has 0 aliphatic rings. The molecule has 1 N–H and O–H groups in total. The van der Waals surface area contributed by atoms with Crippen LogP contribution in [0.1, 0.15) is 75.5 Å². The summed E-state index contributed by atoms with van der Waals surface area (Å²) in [5.41, 5.74) is 2.26. The molecule has 1 aromatic rings. The number of nitrogens with zero attached hydrogens (tertiary/aromatic N) is 1. The van der Waals surface area contributed by atoms with Gasteiger partial charge in [0, 0.05) is 18.6 Å². The molecule has 0 amide bonds. The van der Waals surface area contributed by atoms with E-state index in [0.29, 0.717) is 29.8 Å². The first kappa shape index (κ1) is 24.1. The van der Waals surface area contributed by atoms with Crippen molar-refractivity contribution in [2.45, 2.75) is 64.4 Å². The van der Waals surface area contributed by atoms with E-state index in [0.717, 1.165) is 24.9 Å². The van der Waals surface area contributed by atoms with Gasteiger partial charge in [0.15, 0.2) is 0 Å². The van der Waals surface area contributed by atoms with Gasteiger partial charge in [0.1, 0.15) is 0 Å². The molecule has 0 saturated heterocycles. The van der Waals surface area contributed by atoms with Crippen molar-refractivity contribution in [3.8, 4) is 0 Å². The summed E-state index contributed by atoms with van der Waals surface area (Å²) < 4.78 is 32.8. The van der Waals surface area contributed by atoms with Crippen LogP contribution in [0.15, 0.2) is 24.3 Å². The molecule has 1 atom stereocenters. The van der Waals surface area contributed by atoms with Gasteiger partial charge in [-0.1, -0.05) is 51.0 Å². The molecule has 0 aliphatic heterocycles. The fourth-order valence-electron chi connectivity index (χ4n) is 3.61. The molecule has 0 aliphatic carbocycles. The molecule has 5 nitrogen and oxygen atoms in total. The summed E-state index contributed by atoms with van der Waals surface area (Å²) in [6.45, 7) is 5.74. The Bertz CT molecular complexity index is 652. The van der Waals surface area contributed by atoms with Crippen molar-refractivity contribution in [2.75, 3.05) is 32.9 Å². The molecule has 156 valence electrons. The smallest absolute Gasteiger partial charge is 0.0948 e. The van der Waals surface area contributed by atoms with Crippen molar-refractivity contribution >= 4 is 10.1 Å². The van der Waals surface area contributed by atoms with E-state index < -0.39 is 16.2 Å². The molecule has 0 saturated carbocycles. The molecule has 1 unspecified atom stereocenters. The molecule has 0 radical (unpaired) electrons. The number of aliphatic hydroxyl groups is 1. The van der Waals surface area contributed by atoms with E-state index in [1.807, 2.05) is 26.2 Å². The van der Waals surface area contributed by atoms with Gasteiger partial charge in [-0.2, -0.15) is 0 Å². The number of rotatable bonds is 13. The Morgan fingerprint density at radius 3 is 2.19 bits per heavy atom. The van der Waals surface area contributed by atoms with E-state index in [9.17, 15) is 18.1 Å². The van der Waals surface area contributed by atoms with Crippen LogP contribution >= 0.6 is 0 Å². The lowest BCUT2D eigenvalue weighted by Crippen LogP contribution is -2.42. The molecule has 1 aromatic carbocycles. The Morgan fingerprint density at radius 1 is 1.04 bits per heavy atom. The number of quaternary nitrogens is 1. The Labute approximate surface area is 165 Å². The van der Waals surface area contributed by atoms with Crippen molar-refractivity contribution in [3.05, 3.63) is 35.4 Å². The first-order valence-corrected chi connectivity index (χ1v) is 11.7. The highest BCUT2D eigenvalue weighted by Crippen LogP contribution is 2.29. The number of aliphatic hydroxyl groups excluding tert-OH is 1. The van der Waals surface area contributed by atoms with Crippen molar-refractivity contribution < 1.29 is 22.6 Å². The van der Waals surface area contributed by atoms with Crippen LogP contribution in [0.5, 0.6) is 0 Å². The van der Waals surface area contributed by atoms with Gasteiger partial charge in [-0.15, -0.1) is 0 Å². The summed E-state index contributed by atoms with van der Waals surface area (Å²) in [6, 6.07) is 8.32. The van der Waals surface area contributed by atoms with Crippen LogP contribution in [0.4, 0.5) is 0 Å². The van der Waals surface area contributed by atoms with E-state index in [1.54, 1.807) is 0 Å². The third-order valence-electron chi connectivity index (χ3n) is 5.21. The summed E-state index contributed by atoms with van der Waals surface area (Å²) in [4.78, 5) is 0. The second-order valence-electron chi connectivity index (χ2n) is 8.25. The fraction of sp³-hybridized carbons (Fsp3) is 0.714. The third kappa shape index (κ3) is 9.70. The molecule has 0 heterocycles. The number of hydrogen-bond acceptors (Lipinski definition) is 4. The van der Waals surface area contributed by atoms with Crippen LogP contribution in [-0.2, 0) is 10.1 Å². The van der Waals surface area contributed by atoms with Crippen molar-refractivity contribution in [3.63, 3.8) is 0 Å². The Morgan fingerprint density at radius 2 is 1.63 bits per heavy atom. The van der Waals surface area contributed by atoms with E-state index in [1.165, 1.54) is 18.4 Å². The zero-order valence-corrected chi connectivity index (χ0v) is 18.2. The minimum atomic E-state index is -4.15. The third-order valence-corrected chi connectivity index (χ3v) is 6.00. The molecule has 0 aromatic heterocycles. The summed E-state index contributed by atoms with van der Waals surface area (Å²) in [5, 5.41) is 10.6. The average molecular weight is 400 g/mol. The van der Waals surface area contributed by atoms with Gasteiger partial charge in [-0.25, -0.2) is 8.42 Å². The number of hydrogen-bond donors (Lipinski definition) is 1. The standard InChI is InChI=1S/C21H37NO4S/c1-5-9-18(10-6-2)19-11-7-12-20(17-19)21(23)13-15-22(3,4)14-8-16-27(24,25)26/h7,11-12,17-18,21,23H,5-6,8-10,13-16H2,1-4H3. The van der Waals surface area contributed by atoms with E-state index in [-0.39, 0.29) is 5.75 Å². The van der Waals surface area contributed by atoms with Gasteiger partial charge in [0.05, 0.1) is 43.4 Å². The van der Waals surface area contributed by atoms with Crippen molar-refractivity contribution in [1.82, 2.24) is 0 Å². The Kier molecular flexibility index (Phi) is 9.95. The molecule has 0 bridgehead atoms. The predicted octanol–water partition coefficient (Wildman–Crippen LogP) is 3.81. The quantitative estimate of drug-likeness (QED) is 0.404. The van der Waals surface area contributed by atoms with Gasteiger partial charge >= 0.3 is 0 Å². The SMILES string of the molecule is CCCC(CCC)c1cccc(C(O)CC[N+](C)(C)CCCS(=O)(=O)[O-])c1. The molecular weight excluding hydrogens is 362 g/mol. The van der Waals surface area contributed by atoms with Crippen molar-refractivity contribution in [2.24, 2.45) is 0 Å². The molecule has 1 rings (SSSR count). The summed E-state index contributed by atoms with van der Waals surface area (Å²) in [5.74, 6) is 0.226. The Hall–Kier alpha value is -0.950. The zero-order valence-electron chi connectivity index (χ0n) is 17.4. The zero-order chi connectivity index (χ0) is 20.5. The first-order chi connectivity index (χ1) is 12.6. The lowest BCUT2D eigenvalue weighted by atomic mass is 9.88. The van der Waals surface area contributed by atoms with E-state index >= 15 is 0 Å². The molecular formula is C21H37NO4S. The predicted molar refractivity (Wildman–Crippen MR) is 110 cm³/mol. The molecule has 6 heteroatoms. The van der Waals surface area contributed by atoms with Crippen LogP contribution in [0.3, 0.4) is 0 Å². The average Bonchev–Trinajstić information content (AvgIpc) is 2.58. The maximum atomic E-state index is 10.7. The van der Waals surface area contributed by atoms with E-state index in [2.05, 4.69) is 26.0 Å². The van der Waals surface area contributed by atoms with Crippen LogP contribution in [-0.4, -0.2) is 55.5 Å². The van der Waals surface area contributed by atoms with Crippen LogP contribution < -0.4 is 0 Å². The van der Waals surface area contributed by atoms with Gasteiger partial charge in [-0.3, -0.25) is 0 Å². The Balaban J connectivity index is 2.66. The van der Waals surface area contributed by atoms with Crippen LogP contribution in [0, 0.1) is 0 Å². The minimum Gasteiger partial charge on any atom is -0.748 e. The van der Waals surface area contributed by atoms with Gasteiger partial charge in [0.25, 0.3) is 0 Å². The highest BCUT2D eigenvalue weighted by molar-refractivity contribution is 7.85. The molecule has 0 spiro atoms. The lowest BCUT2D eigenvalue weighted by molar-refractivity contribution is -0.890. The first-order valence-electron chi connectivity index (χ1n) is 10.1. The second-order valence-corrected chi connectivity index (χ2v) is 9.77. The van der Waals surface area contributed by atoms with Crippen LogP contribution in [0.25, 0.3) is 0 Å². The largest absolute Gasteiger partial charge is 0.748 e. The lowest BCUT2D eigenvalue weighted by Gasteiger charge is -2.31. The maximum Gasteiger partial charge on any atom is 0.0948 e. The maximum absolute atomic E-state index is 10.7. The van der Waals surface area contributed by atoms with Gasteiger partial charge in [0.2, 0.25) is 0 Å². The summed E-state index contributed by atoms with van der Waals surface area (Å²) >= 11 is 0. The van der Waals surface area contributed by atoms with Gasteiger partial charge in [-0.05, 0) is 29.9 Å². The van der Waals surface area contributed by atoms with Crippen LogP contribution in [0.2, 0.25) is 0 Å². The summed E-state index contributed by atoms with van der Waals surface area (Å²) in [6.07, 6.45) is 5.06. The fourth-order valence-corrected chi connectivity index (χ4v) is 4.10. The number of benzene rings is 1. The second kappa shape index (κ2) is 11.1. The highest BCUT2D eigenvalue weighted by Gasteiger charge is 2.19. The molecule has 27 heavy (non-hydrogen) atoms. The normalized spacial score (nSPS) is 13.9. The minimum absolute atomic E-state index is 0.324. The van der Waals surface area contributed by atoms with Gasteiger partial charge < -0.3 is 14.1 Å².